The van der Waals surface area contributed by atoms with Gasteiger partial charge in [-0.15, -0.1) is 0 Å². The Labute approximate surface area is 275 Å². The Morgan fingerprint density at radius 1 is 1.02 bits per heavy atom. The second-order valence-corrected chi connectivity index (χ2v) is 12.3. The van der Waals surface area contributed by atoms with Gasteiger partial charge in [0, 0.05) is 24.9 Å². The Balaban J connectivity index is 1.38. The van der Waals surface area contributed by atoms with Crippen molar-refractivity contribution in [3.63, 3.8) is 0 Å². The SMILES string of the molecule is CCC(=O)N[C@H]1C[C@@H](n2cnc3c(NCC(c4ccccc4)c4ccccc4)nc(NC4CCCC4)nc32)[C@H](OC(=O)C(F)(F)F)[C@@H]1O. The first-order valence-corrected chi connectivity index (χ1v) is 16.2. The zero-order chi connectivity index (χ0) is 33.8. The van der Waals surface area contributed by atoms with Gasteiger partial charge in [0.25, 0.3) is 0 Å². The molecule has 254 valence electrons. The number of rotatable bonds is 11. The predicted molar refractivity (Wildman–Crippen MR) is 172 cm³/mol. The van der Waals surface area contributed by atoms with E-state index in [4.69, 9.17) is 14.7 Å². The minimum absolute atomic E-state index is 0.0313. The van der Waals surface area contributed by atoms with Crippen LogP contribution >= 0.6 is 0 Å². The lowest BCUT2D eigenvalue weighted by atomic mass is 9.91. The zero-order valence-corrected chi connectivity index (χ0v) is 26.4. The molecule has 2 aliphatic rings. The average Bonchev–Trinajstić information content (AvgIpc) is 3.82. The maximum Gasteiger partial charge on any atom is 0.490 e. The van der Waals surface area contributed by atoms with Crippen LogP contribution in [0.3, 0.4) is 0 Å². The van der Waals surface area contributed by atoms with Crippen LogP contribution in [0.5, 0.6) is 0 Å². The molecule has 4 atom stereocenters. The highest BCUT2D eigenvalue weighted by atomic mass is 19.4. The molecule has 2 aromatic carbocycles. The second kappa shape index (κ2) is 14.2. The summed E-state index contributed by atoms with van der Waals surface area (Å²) in [7, 11) is 0. The number of hydrogen-bond acceptors (Lipinski definition) is 9. The molecule has 1 amide bonds. The van der Waals surface area contributed by atoms with Gasteiger partial charge in [0.15, 0.2) is 23.1 Å². The van der Waals surface area contributed by atoms with Gasteiger partial charge in [-0.1, -0.05) is 80.4 Å². The Morgan fingerprint density at radius 2 is 1.67 bits per heavy atom. The lowest BCUT2D eigenvalue weighted by molar-refractivity contribution is -0.209. The van der Waals surface area contributed by atoms with Crippen LogP contribution in [0.25, 0.3) is 11.2 Å². The summed E-state index contributed by atoms with van der Waals surface area (Å²) in [5.41, 5.74) is 2.80. The van der Waals surface area contributed by atoms with Crippen molar-refractivity contribution in [2.24, 2.45) is 0 Å². The van der Waals surface area contributed by atoms with Crippen LogP contribution in [0.15, 0.2) is 67.0 Å². The largest absolute Gasteiger partial charge is 0.490 e. The van der Waals surface area contributed by atoms with Crippen LogP contribution in [0, 0.1) is 0 Å². The van der Waals surface area contributed by atoms with Gasteiger partial charge in [-0.2, -0.15) is 23.1 Å². The Kier molecular flexibility index (Phi) is 9.81. The number of hydrogen-bond donors (Lipinski definition) is 4. The molecule has 0 bridgehead atoms. The van der Waals surface area contributed by atoms with E-state index in [2.05, 4.69) is 45.2 Å². The molecule has 2 fully saturated rings. The van der Waals surface area contributed by atoms with Crippen LogP contribution in [0.2, 0.25) is 0 Å². The van der Waals surface area contributed by atoms with Crippen molar-refractivity contribution in [1.82, 2.24) is 24.8 Å². The van der Waals surface area contributed by atoms with Gasteiger partial charge in [0.05, 0.1) is 18.4 Å². The summed E-state index contributed by atoms with van der Waals surface area (Å²) in [6.45, 7) is 2.05. The van der Waals surface area contributed by atoms with Gasteiger partial charge in [0.1, 0.15) is 6.10 Å². The fraction of sp³-hybridized carbons (Fsp3) is 0.441. The minimum atomic E-state index is -5.28. The smallest absolute Gasteiger partial charge is 0.451 e. The van der Waals surface area contributed by atoms with Crippen molar-refractivity contribution < 1.29 is 32.6 Å². The van der Waals surface area contributed by atoms with Crippen molar-refractivity contribution in [1.29, 1.82) is 0 Å². The van der Waals surface area contributed by atoms with E-state index in [1.807, 2.05) is 36.4 Å². The van der Waals surface area contributed by atoms with Crippen LogP contribution in [-0.2, 0) is 14.3 Å². The summed E-state index contributed by atoms with van der Waals surface area (Å²) in [6.07, 6.45) is -3.06. The topological polar surface area (TPSA) is 143 Å². The van der Waals surface area contributed by atoms with Crippen molar-refractivity contribution >= 4 is 34.8 Å². The molecule has 2 saturated carbocycles. The standard InChI is InChI=1S/C34H38F3N7O4/c1-2-26(45)41-24-17-25(29(28(24)46)48-32(47)34(35,36)37)44-19-39-27-30(42-33(43-31(27)44)40-22-15-9-10-16-22)38-18-23(20-11-5-3-6-12-20)21-13-7-4-8-14-21/h3-8,11-14,19,22-25,28-29,46H,2,9-10,15-18H2,1H3,(H,41,45)(H2,38,40,42,43)/t24-,25+,28+,29-/m0/s1. The number of nitrogens with one attached hydrogen (secondary N) is 3. The molecule has 0 radical (unpaired) electrons. The molecule has 11 nitrogen and oxygen atoms in total. The molecule has 6 rings (SSSR count). The summed E-state index contributed by atoms with van der Waals surface area (Å²) in [5.74, 6) is -2.16. The van der Waals surface area contributed by atoms with E-state index in [0.717, 1.165) is 36.8 Å². The number of imidazole rings is 1. The minimum Gasteiger partial charge on any atom is -0.451 e. The lowest BCUT2D eigenvalue weighted by Gasteiger charge is -2.24. The number of aliphatic hydroxyl groups excluding tert-OH is 1. The first-order valence-electron chi connectivity index (χ1n) is 16.2. The molecule has 14 heteroatoms. The number of carbonyl (C=O) groups excluding carboxylic acids is 2. The monoisotopic (exact) mass is 665 g/mol. The Bertz CT molecular complexity index is 1670. The third-order valence-corrected chi connectivity index (χ3v) is 9.11. The van der Waals surface area contributed by atoms with E-state index in [-0.39, 0.29) is 30.4 Å². The normalized spacial score (nSPS) is 21.5. The van der Waals surface area contributed by atoms with E-state index < -0.39 is 42.3 Å². The van der Waals surface area contributed by atoms with Crippen LogP contribution < -0.4 is 16.0 Å². The molecule has 0 aliphatic heterocycles. The first-order chi connectivity index (χ1) is 23.1. The average molecular weight is 666 g/mol. The molecule has 2 heterocycles. The summed E-state index contributed by atoms with van der Waals surface area (Å²) in [6, 6.07) is 18.2. The molecule has 0 saturated heterocycles. The zero-order valence-electron chi connectivity index (χ0n) is 26.4. The Hall–Kier alpha value is -4.72. The van der Waals surface area contributed by atoms with Crippen molar-refractivity contribution in [2.45, 2.75) is 87.9 Å². The number of aromatic nitrogens is 4. The predicted octanol–water partition coefficient (Wildman–Crippen LogP) is 5.10. The molecule has 2 aromatic heterocycles. The summed E-state index contributed by atoms with van der Waals surface area (Å²) < 4.78 is 46.4. The summed E-state index contributed by atoms with van der Waals surface area (Å²) in [5, 5.41) is 20.6. The van der Waals surface area contributed by atoms with Gasteiger partial charge in [-0.05, 0) is 30.4 Å². The highest BCUT2D eigenvalue weighted by molar-refractivity contribution is 5.84. The van der Waals surface area contributed by atoms with Gasteiger partial charge in [-0.3, -0.25) is 4.79 Å². The van der Waals surface area contributed by atoms with Gasteiger partial charge in [0.2, 0.25) is 11.9 Å². The number of amides is 1. The van der Waals surface area contributed by atoms with Gasteiger partial charge >= 0.3 is 12.1 Å². The highest BCUT2D eigenvalue weighted by Gasteiger charge is 2.51. The van der Waals surface area contributed by atoms with Crippen LogP contribution in [0.1, 0.15) is 68.5 Å². The quantitative estimate of drug-likeness (QED) is 0.161. The van der Waals surface area contributed by atoms with Crippen molar-refractivity contribution in [3.8, 4) is 0 Å². The number of fused-ring (bicyclic) bond motifs is 1. The maximum absolute atomic E-state index is 13.3. The summed E-state index contributed by atoms with van der Waals surface area (Å²) in [4.78, 5) is 38.3. The molecule has 4 N–H and O–H groups in total. The fourth-order valence-corrected chi connectivity index (χ4v) is 6.65. The number of aliphatic hydroxyl groups is 1. The number of carbonyl (C=O) groups is 2. The second-order valence-electron chi connectivity index (χ2n) is 12.3. The third-order valence-electron chi connectivity index (χ3n) is 9.11. The lowest BCUT2D eigenvalue weighted by Crippen LogP contribution is -2.45. The number of ether oxygens (including phenoxy) is 1. The molecular weight excluding hydrogens is 627 g/mol. The number of benzene rings is 2. The number of esters is 1. The van der Waals surface area contributed by atoms with Crippen LogP contribution in [0.4, 0.5) is 24.9 Å². The van der Waals surface area contributed by atoms with Crippen LogP contribution in [-0.4, -0.2) is 73.5 Å². The fourth-order valence-electron chi connectivity index (χ4n) is 6.65. The van der Waals surface area contributed by atoms with Crippen molar-refractivity contribution in [3.05, 3.63) is 78.1 Å². The Morgan fingerprint density at radius 3 is 2.27 bits per heavy atom. The number of halogens is 3. The molecule has 4 aromatic rings. The third kappa shape index (κ3) is 7.23. The maximum atomic E-state index is 13.3. The number of nitrogens with zero attached hydrogens (tertiary/aromatic N) is 4. The van der Waals surface area contributed by atoms with E-state index >= 15 is 0 Å². The van der Waals surface area contributed by atoms with E-state index in [1.165, 1.54) is 10.9 Å². The molecule has 0 unspecified atom stereocenters. The highest BCUT2D eigenvalue weighted by Crippen LogP contribution is 2.38. The summed E-state index contributed by atoms with van der Waals surface area (Å²) >= 11 is 0. The molecular formula is C34H38F3N7O4. The van der Waals surface area contributed by atoms with E-state index in [1.54, 1.807) is 6.92 Å². The molecule has 2 aliphatic carbocycles. The van der Waals surface area contributed by atoms with E-state index in [0.29, 0.717) is 23.8 Å². The van der Waals surface area contributed by atoms with Gasteiger partial charge in [-0.25, -0.2) is 9.78 Å². The molecule has 0 spiro atoms. The van der Waals surface area contributed by atoms with Gasteiger partial charge < -0.3 is 30.4 Å². The van der Waals surface area contributed by atoms with Crippen molar-refractivity contribution in [2.75, 3.05) is 17.2 Å². The molecule has 48 heavy (non-hydrogen) atoms. The first kappa shape index (κ1) is 33.2. The van der Waals surface area contributed by atoms with E-state index in [9.17, 15) is 27.9 Å². The number of alkyl halides is 3. The number of anilines is 2.